The van der Waals surface area contributed by atoms with Gasteiger partial charge in [0.05, 0.1) is 0 Å². The molecule has 17 heavy (non-hydrogen) atoms. The first-order valence-electron chi connectivity index (χ1n) is 6.72. The van der Waals surface area contributed by atoms with Crippen LogP contribution in [0.5, 0.6) is 0 Å². The molecule has 94 valence electrons. The van der Waals surface area contributed by atoms with Gasteiger partial charge in [-0.1, -0.05) is 24.6 Å². The molecule has 0 aromatic heterocycles. The van der Waals surface area contributed by atoms with Gasteiger partial charge in [0.25, 0.3) is 0 Å². The molecule has 0 amide bonds. The van der Waals surface area contributed by atoms with E-state index in [1.807, 2.05) is 11.8 Å². The van der Waals surface area contributed by atoms with E-state index < -0.39 is 0 Å². The van der Waals surface area contributed by atoms with E-state index in [-0.39, 0.29) is 0 Å². The second-order valence-corrected chi connectivity index (χ2v) is 6.12. The van der Waals surface area contributed by atoms with Gasteiger partial charge in [-0.15, -0.1) is 11.8 Å². The van der Waals surface area contributed by atoms with E-state index in [0.717, 1.165) is 18.5 Å². The number of hydrogen-bond donors (Lipinski definition) is 1. The average Bonchev–Trinajstić information content (AvgIpc) is 3.16. The molecule has 2 heteroatoms. The molecule has 0 radical (unpaired) electrons. The Morgan fingerprint density at radius 3 is 2.59 bits per heavy atom. The predicted molar refractivity (Wildman–Crippen MR) is 76.7 cm³/mol. The second kappa shape index (κ2) is 6.46. The highest BCUT2D eigenvalue weighted by Gasteiger charge is 2.30. The van der Waals surface area contributed by atoms with Crippen molar-refractivity contribution in [2.24, 2.45) is 5.92 Å². The van der Waals surface area contributed by atoms with Gasteiger partial charge in [-0.3, -0.25) is 0 Å². The first-order chi connectivity index (χ1) is 8.29. The molecule has 1 aromatic carbocycles. The van der Waals surface area contributed by atoms with E-state index in [1.165, 1.54) is 35.5 Å². The fraction of sp³-hybridized carbons (Fsp3) is 0.600. The molecule has 0 saturated heterocycles. The van der Waals surface area contributed by atoms with Crippen LogP contribution in [0.3, 0.4) is 0 Å². The van der Waals surface area contributed by atoms with Gasteiger partial charge < -0.3 is 5.32 Å². The minimum Gasteiger partial charge on any atom is -0.313 e. The van der Waals surface area contributed by atoms with Crippen LogP contribution in [0.4, 0.5) is 0 Å². The van der Waals surface area contributed by atoms with Crippen molar-refractivity contribution in [2.75, 3.05) is 12.3 Å². The lowest BCUT2D eigenvalue weighted by atomic mass is 10.2. The van der Waals surface area contributed by atoms with Crippen LogP contribution in [0, 0.1) is 12.8 Å². The topological polar surface area (TPSA) is 12.0 Å². The third-order valence-corrected chi connectivity index (χ3v) is 4.43. The first kappa shape index (κ1) is 13.0. The maximum Gasteiger partial charge on any atom is 0.0189 e. The van der Waals surface area contributed by atoms with Gasteiger partial charge in [-0.05, 0) is 50.8 Å². The molecule has 1 aliphatic carbocycles. The maximum absolute atomic E-state index is 3.69. The smallest absolute Gasteiger partial charge is 0.0189 e. The monoisotopic (exact) mass is 249 g/mol. The maximum atomic E-state index is 3.69. The van der Waals surface area contributed by atoms with E-state index >= 15 is 0 Å². The van der Waals surface area contributed by atoms with Crippen molar-refractivity contribution in [2.45, 2.75) is 44.0 Å². The van der Waals surface area contributed by atoms with Gasteiger partial charge in [0.1, 0.15) is 0 Å². The Morgan fingerprint density at radius 2 is 2.00 bits per heavy atom. The van der Waals surface area contributed by atoms with Gasteiger partial charge >= 0.3 is 0 Å². The second-order valence-electron chi connectivity index (χ2n) is 5.02. The fourth-order valence-electron chi connectivity index (χ4n) is 2.01. The van der Waals surface area contributed by atoms with Gasteiger partial charge in [-0.25, -0.2) is 0 Å². The molecule has 1 saturated carbocycles. The lowest BCUT2D eigenvalue weighted by Gasteiger charge is -2.17. The molecule has 1 aromatic rings. The summed E-state index contributed by atoms with van der Waals surface area (Å²) in [5.74, 6) is 2.16. The molecule has 1 aliphatic rings. The van der Waals surface area contributed by atoms with E-state index in [9.17, 15) is 0 Å². The zero-order valence-corrected chi connectivity index (χ0v) is 11.7. The standard InChI is InChI=1S/C15H23NS/c1-3-10-16-15(13-6-7-13)11-17-14-8-4-12(2)5-9-14/h4-5,8-9,13,15-16H,3,6-7,10-11H2,1-2H3. The molecule has 1 atom stereocenters. The molecule has 0 bridgehead atoms. The van der Waals surface area contributed by atoms with Crippen LogP contribution in [0.2, 0.25) is 0 Å². The Hall–Kier alpha value is -0.470. The zero-order valence-electron chi connectivity index (χ0n) is 10.9. The Morgan fingerprint density at radius 1 is 1.29 bits per heavy atom. The van der Waals surface area contributed by atoms with Crippen LogP contribution in [0.1, 0.15) is 31.7 Å². The van der Waals surface area contributed by atoms with Gasteiger partial charge in [0.15, 0.2) is 0 Å². The molecule has 1 nitrogen and oxygen atoms in total. The zero-order chi connectivity index (χ0) is 12.1. The number of benzene rings is 1. The number of nitrogens with one attached hydrogen (secondary N) is 1. The highest BCUT2D eigenvalue weighted by Crippen LogP contribution is 2.35. The summed E-state index contributed by atoms with van der Waals surface area (Å²) in [6.45, 7) is 5.55. The van der Waals surface area contributed by atoms with Gasteiger partial charge in [0, 0.05) is 16.7 Å². The summed E-state index contributed by atoms with van der Waals surface area (Å²) in [5.41, 5.74) is 1.34. The molecule has 0 aliphatic heterocycles. The number of aryl methyl sites for hydroxylation is 1. The van der Waals surface area contributed by atoms with E-state index in [0.29, 0.717) is 0 Å². The Labute approximate surface area is 109 Å². The SMILES string of the molecule is CCCNC(CSc1ccc(C)cc1)C1CC1. The molecule has 1 fully saturated rings. The summed E-state index contributed by atoms with van der Waals surface area (Å²) in [5, 5.41) is 3.69. The lowest BCUT2D eigenvalue weighted by Crippen LogP contribution is -2.33. The third-order valence-electron chi connectivity index (χ3n) is 3.30. The van der Waals surface area contributed by atoms with Crippen LogP contribution in [-0.4, -0.2) is 18.3 Å². The summed E-state index contributed by atoms with van der Waals surface area (Å²) >= 11 is 1.99. The summed E-state index contributed by atoms with van der Waals surface area (Å²) in [6.07, 6.45) is 4.09. The molecular formula is C15H23NS. The lowest BCUT2D eigenvalue weighted by molar-refractivity contribution is 0.503. The predicted octanol–water partition coefficient (Wildman–Crippen LogP) is 3.87. The van der Waals surface area contributed by atoms with Crippen molar-refractivity contribution < 1.29 is 0 Å². The Kier molecular flexibility index (Phi) is 4.93. The van der Waals surface area contributed by atoms with Crippen LogP contribution in [0.25, 0.3) is 0 Å². The van der Waals surface area contributed by atoms with Crippen LogP contribution < -0.4 is 5.32 Å². The average molecular weight is 249 g/mol. The quantitative estimate of drug-likeness (QED) is 0.736. The molecule has 0 spiro atoms. The summed E-state index contributed by atoms with van der Waals surface area (Å²) in [7, 11) is 0. The normalized spacial score (nSPS) is 17.1. The molecule has 0 heterocycles. The fourth-order valence-corrected chi connectivity index (χ4v) is 3.10. The van der Waals surface area contributed by atoms with Crippen molar-refractivity contribution in [3.05, 3.63) is 29.8 Å². The largest absolute Gasteiger partial charge is 0.313 e. The van der Waals surface area contributed by atoms with Crippen molar-refractivity contribution in [1.82, 2.24) is 5.32 Å². The first-order valence-corrected chi connectivity index (χ1v) is 7.71. The summed E-state index contributed by atoms with van der Waals surface area (Å²) in [4.78, 5) is 1.40. The van der Waals surface area contributed by atoms with E-state index in [4.69, 9.17) is 0 Å². The summed E-state index contributed by atoms with van der Waals surface area (Å²) < 4.78 is 0. The van der Waals surface area contributed by atoms with Crippen LogP contribution >= 0.6 is 11.8 Å². The van der Waals surface area contributed by atoms with Crippen molar-refractivity contribution >= 4 is 11.8 Å². The van der Waals surface area contributed by atoms with E-state index in [2.05, 4.69) is 43.4 Å². The van der Waals surface area contributed by atoms with E-state index in [1.54, 1.807) is 0 Å². The van der Waals surface area contributed by atoms with Crippen LogP contribution in [-0.2, 0) is 0 Å². The molecule has 1 N–H and O–H groups in total. The van der Waals surface area contributed by atoms with Crippen molar-refractivity contribution in [3.63, 3.8) is 0 Å². The molecule has 1 unspecified atom stereocenters. The number of thioether (sulfide) groups is 1. The number of hydrogen-bond acceptors (Lipinski definition) is 2. The molecule has 2 rings (SSSR count). The van der Waals surface area contributed by atoms with Crippen molar-refractivity contribution in [1.29, 1.82) is 0 Å². The Bertz CT molecular complexity index is 329. The van der Waals surface area contributed by atoms with Crippen molar-refractivity contribution in [3.8, 4) is 0 Å². The summed E-state index contributed by atoms with van der Waals surface area (Å²) in [6, 6.07) is 9.61. The van der Waals surface area contributed by atoms with Gasteiger partial charge in [-0.2, -0.15) is 0 Å². The van der Waals surface area contributed by atoms with Gasteiger partial charge in [0.2, 0.25) is 0 Å². The highest BCUT2D eigenvalue weighted by molar-refractivity contribution is 7.99. The Balaban J connectivity index is 1.80. The minimum atomic E-state index is 0.723. The van der Waals surface area contributed by atoms with Crippen LogP contribution in [0.15, 0.2) is 29.2 Å². The number of rotatable bonds is 7. The third kappa shape index (κ3) is 4.36. The highest BCUT2D eigenvalue weighted by atomic mass is 32.2. The minimum absolute atomic E-state index is 0.723. The molecular weight excluding hydrogens is 226 g/mol.